The van der Waals surface area contributed by atoms with Gasteiger partial charge >= 0.3 is 0 Å². The lowest BCUT2D eigenvalue weighted by atomic mass is 9.69. The standard InChI is InChI=1S/C27H20ClN3/c28-19-11-13-20(14-12-19)31-27(25-17-9-10-18(15-17)26(25)30(31)16-29)23-7-3-1-5-21(23)22-6-2-4-8-24(22)27/h1-14,17-18,25-26H,15H2/t17-,18-,25-,26+/m0/s1. The summed E-state index contributed by atoms with van der Waals surface area (Å²) in [5.41, 5.74) is 5.77. The van der Waals surface area contributed by atoms with E-state index in [1.54, 1.807) is 0 Å². The molecule has 3 aromatic rings. The number of hydrazine groups is 1. The number of halogens is 1. The van der Waals surface area contributed by atoms with Gasteiger partial charge in [0.05, 0.1) is 11.7 Å². The predicted molar refractivity (Wildman–Crippen MR) is 122 cm³/mol. The first-order valence-corrected chi connectivity index (χ1v) is 11.3. The molecule has 3 aromatic carbocycles. The van der Waals surface area contributed by atoms with Crippen molar-refractivity contribution < 1.29 is 0 Å². The van der Waals surface area contributed by atoms with Crippen molar-refractivity contribution >= 4 is 17.3 Å². The number of nitrogens with zero attached hydrogens (tertiary/aromatic N) is 3. The van der Waals surface area contributed by atoms with Crippen LogP contribution in [0.2, 0.25) is 5.02 Å². The lowest BCUT2D eigenvalue weighted by molar-refractivity contribution is 0.278. The molecule has 0 unspecified atom stereocenters. The van der Waals surface area contributed by atoms with E-state index in [9.17, 15) is 5.26 Å². The summed E-state index contributed by atoms with van der Waals surface area (Å²) in [6.07, 6.45) is 8.46. The van der Waals surface area contributed by atoms with E-state index in [1.807, 2.05) is 29.3 Å². The molecule has 7 rings (SSSR count). The van der Waals surface area contributed by atoms with E-state index in [0.717, 1.165) is 12.1 Å². The molecule has 0 N–H and O–H groups in total. The highest BCUT2D eigenvalue weighted by Gasteiger charge is 2.69. The van der Waals surface area contributed by atoms with Crippen LogP contribution in [0.5, 0.6) is 0 Å². The SMILES string of the molecule is N#CN1[C@H]2[C@H]([C@H]3C=C[C@H]2C3)C2(c3ccccc3-c3ccccc32)N1c1ccc(Cl)cc1. The molecule has 2 fully saturated rings. The summed E-state index contributed by atoms with van der Waals surface area (Å²) in [6, 6.07) is 25.6. The van der Waals surface area contributed by atoms with Gasteiger partial charge in [-0.3, -0.25) is 5.01 Å². The van der Waals surface area contributed by atoms with E-state index in [1.165, 1.54) is 22.3 Å². The maximum Gasteiger partial charge on any atom is 0.200 e. The molecule has 150 valence electrons. The van der Waals surface area contributed by atoms with Gasteiger partial charge in [-0.1, -0.05) is 72.3 Å². The number of anilines is 1. The first kappa shape index (κ1) is 17.5. The van der Waals surface area contributed by atoms with Crippen molar-refractivity contribution in [3.8, 4) is 17.3 Å². The summed E-state index contributed by atoms with van der Waals surface area (Å²) in [5, 5.41) is 15.4. The van der Waals surface area contributed by atoms with Crippen LogP contribution in [0.15, 0.2) is 84.9 Å². The lowest BCUT2D eigenvalue weighted by Gasteiger charge is -2.43. The van der Waals surface area contributed by atoms with Gasteiger partial charge in [0.2, 0.25) is 0 Å². The van der Waals surface area contributed by atoms with E-state index in [0.29, 0.717) is 22.8 Å². The number of rotatable bonds is 1. The van der Waals surface area contributed by atoms with Crippen LogP contribution in [0.3, 0.4) is 0 Å². The Morgan fingerprint density at radius 1 is 0.839 bits per heavy atom. The highest BCUT2D eigenvalue weighted by molar-refractivity contribution is 6.30. The molecule has 1 spiro atoms. The van der Waals surface area contributed by atoms with Gasteiger partial charge in [0.1, 0.15) is 5.54 Å². The third kappa shape index (κ3) is 1.95. The maximum atomic E-state index is 10.5. The van der Waals surface area contributed by atoms with Crippen molar-refractivity contribution in [1.82, 2.24) is 5.01 Å². The summed E-state index contributed by atoms with van der Waals surface area (Å²) < 4.78 is 0. The van der Waals surface area contributed by atoms with Crippen molar-refractivity contribution in [1.29, 1.82) is 5.26 Å². The van der Waals surface area contributed by atoms with Crippen LogP contribution in [0, 0.1) is 29.2 Å². The Hall–Kier alpha value is -3.22. The Morgan fingerprint density at radius 3 is 2.10 bits per heavy atom. The van der Waals surface area contributed by atoms with E-state index < -0.39 is 5.54 Å². The van der Waals surface area contributed by atoms with Crippen LogP contribution in [0.1, 0.15) is 17.5 Å². The lowest BCUT2D eigenvalue weighted by Crippen LogP contribution is -2.50. The molecule has 1 saturated carbocycles. The van der Waals surface area contributed by atoms with Crippen LogP contribution in [0.4, 0.5) is 5.69 Å². The highest BCUT2D eigenvalue weighted by Crippen LogP contribution is 2.67. The molecule has 0 aromatic heterocycles. The van der Waals surface area contributed by atoms with Gasteiger partial charge in [0.25, 0.3) is 0 Å². The number of allylic oxidation sites excluding steroid dienone is 1. The minimum absolute atomic E-state index is 0.162. The monoisotopic (exact) mass is 421 g/mol. The van der Waals surface area contributed by atoms with Gasteiger partial charge in [-0.2, -0.15) is 5.26 Å². The van der Waals surface area contributed by atoms with Gasteiger partial charge in [0.15, 0.2) is 6.19 Å². The highest BCUT2D eigenvalue weighted by atomic mass is 35.5. The van der Waals surface area contributed by atoms with Crippen LogP contribution in [-0.4, -0.2) is 11.1 Å². The largest absolute Gasteiger partial charge is 0.261 e. The molecule has 1 heterocycles. The fourth-order valence-electron chi connectivity index (χ4n) is 6.99. The quantitative estimate of drug-likeness (QED) is 0.358. The zero-order valence-electron chi connectivity index (χ0n) is 16.8. The molecule has 0 amide bonds. The van der Waals surface area contributed by atoms with Gasteiger partial charge in [0, 0.05) is 16.9 Å². The second-order valence-electron chi connectivity index (χ2n) is 9.06. The van der Waals surface area contributed by atoms with Crippen LogP contribution >= 0.6 is 11.6 Å². The van der Waals surface area contributed by atoms with Crippen LogP contribution in [-0.2, 0) is 5.54 Å². The predicted octanol–water partition coefficient (Wildman–Crippen LogP) is 5.97. The first-order valence-electron chi connectivity index (χ1n) is 10.9. The normalized spacial score (nSPS) is 28.0. The zero-order chi connectivity index (χ0) is 20.7. The summed E-state index contributed by atoms with van der Waals surface area (Å²) in [5.74, 6) is 1.17. The van der Waals surface area contributed by atoms with Crippen molar-refractivity contribution in [2.75, 3.05) is 5.01 Å². The molecule has 4 aliphatic rings. The van der Waals surface area contributed by atoms with Gasteiger partial charge in [-0.15, -0.1) is 0 Å². The van der Waals surface area contributed by atoms with Crippen molar-refractivity contribution in [3.63, 3.8) is 0 Å². The minimum atomic E-state index is -0.411. The first-order chi connectivity index (χ1) is 15.2. The van der Waals surface area contributed by atoms with Crippen LogP contribution in [0.25, 0.3) is 11.1 Å². The average Bonchev–Trinajstić information content (AvgIpc) is 3.55. The Bertz CT molecular complexity index is 1240. The second kappa shape index (κ2) is 5.93. The maximum absolute atomic E-state index is 10.5. The molecule has 3 aliphatic carbocycles. The minimum Gasteiger partial charge on any atom is -0.261 e. The Kier molecular flexibility index (Phi) is 3.34. The molecular formula is C27H20ClN3. The smallest absolute Gasteiger partial charge is 0.200 e. The molecular weight excluding hydrogens is 402 g/mol. The Balaban J connectivity index is 1.60. The summed E-state index contributed by atoms with van der Waals surface area (Å²) >= 11 is 6.25. The molecule has 4 heteroatoms. The Labute approximate surface area is 186 Å². The summed E-state index contributed by atoms with van der Waals surface area (Å²) in [7, 11) is 0. The number of benzene rings is 3. The summed E-state index contributed by atoms with van der Waals surface area (Å²) in [4.78, 5) is 0. The topological polar surface area (TPSA) is 30.3 Å². The molecule has 0 radical (unpaired) electrons. The van der Waals surface area contributed by atoms with Crippen molar-refractivity contribution in [2.45, 2.75) is 18.0 Å². The van der Waals surface area contributed by atoms with E-state index >= 15 is 0 Å². The molecule has 31 heavy (non-hydrogen) atoms. The third-order valence-corrected chi connectivity index (χ3v) is 8.12. The second-order valence-corrected chi connectivity index (χ2v) is 9.49. The number of hydrogen-bond donors (Lipinski definition) is 0. The van der Waals surface area contributed by atoms with Crippen molar-refractivity contribution in [2.24, 2.45) is 17.8 Å². The average molecular weight is 422 g/mol. The van der Waals surface area contributed by atoms with E-state index in [4.69, 9.17) is 11.6 Å². The van der Waals surface area contributed by atoms with E-state index in [2.05, 4.69) is 71.9 Å². The number of nitriles is 1. The van der Waals surface area contributed by atoms with Crippen LogP contribution < -0.4 is 5.01 Å². The summed E-state index contributed by atoms with van der Waals surface area (Å²) in [6.45, 7) is 0. The van der Waals surface area contributed by atoms with Crippen molar-refractivity contribution in [3.05, 3.63) is 101 Å². The molecule has 3 nitrogen and oxygen atoms in total. The van der Waals surface area contributed by atoms with Gasteiger partial charge in [-0.05, 0) is 58.9 Å². The molecule has 4 atom stereocenters. The molecule has 1 saturated heterocycles. The number of fused-ring (bicyclic) bond motifs is 11. The number of hydrogen-bond acceptors (Lipinski definition) is 3. The molecule has 1 aliphatic heterocycles. The molecule has 2 bridgehead atoms. The Morgan fingerprint density at radius 2 is 1.45 bits per heavy atom. The fourth-order valence-corrected chi connectivity index (χ4v) is 7.11. The zero-order valence-corrected chi connectivity index (χ0v) is 17.6. The fraction of sp³-hybridized carbons (Fsp3) is 0.222. The van der Waals surface area contributed by atoms with Gasteiger partial charge in [-0.25, -0.2) is 5.01 Å². The third-order valence-electron chi connectivity index (χ3n) is 7.87. The van der Waals surface area contributed by atoms with Gasteiger partial charge < -0.3 is 0 Å². The van der Waals surface area contributed by atoms with E-state index in [-0.39, 0.29) is 6.04 Å².